The largest absolute Gasteiger partial charge is 0.508 e. The Bertz CT molecular complexity index is 941. The highest BCUT2D eigenvalue weighted by atomic mass is 16.3. The first-order chi connectivity index (χ1) is 10.7. The highest BCUT2D eigenvalue weighted by molar-refractivity contribution is 5.96. The number of oxazole rings is 2. The smallest absolute Gasteiger partial charge is 0.182 e. The van der Waals surface area contributed by atoms with E-state index in [0.29, 0.717) is 28.5 Å². The number of benzene rings is 2. The van der Waals surface area contributed by atoms with E-state index < -0.39 is 0 Å². The molecule has 0 fully saturated rings. The minimum atomic E-state index is -0.0774. The number of aromatic hydroxyl groups is 2. The normalized spacial score (nSPS) is 10.4. The Balaban J connectivity index is 0.000000133. The zero-order valence-corrected chi connectivity index (χ0v) is 11.1. The quantitative estimate of drug-likeness (QED) is 0.520. The molecule has 0 unspecified atom stereocenters. The van der Waals surface area contributed by atoms with Crippen LogP contribution in [0.25, 0.3) is 22.2 Å². The highest BCUT2D eigenvalue weighted by Gasteiger charge is 2.08. The number of carbonyl (C=O) groups excluding carboxylic acids is 1. The molecule has 4 aromatic rings. The number of carbonyl (C=O) groups is 1. The van der Waals surface area contributed by atoms with Gasteiger partial charge >= 0.3 is 0 Å². The fraction of sp³-hybridized carbons (Fsp3) is 0. The molecule has 0 aliphatic rings. The van der Waals surface area contributed by atoms with Crippen LogP contribution in [0.1, 0.15) is 10.4 Å². The summed E-state index contributed by atoms with van der Waals surface area (Å²) in [5.41, 5.74) is 2.43. The van der Waals surface area contributed by atoms with Crippen molar-refractivity contribution in [3.63, 3.8) is 0 Å². The van der Waals surface area contributed by atoms with Gasteiger partial charge in [-0.25, -0.2) is 9.97 Å². The summed E-state index contributed by atoms with van der Waals surface area (Å²) in [7, 11) is 0. The highest BCUT2D eigenvalue weighted by Crippen LogP contribution is 2.23. The van der Waals surface area contributed by atoms with Crippen LogP contribution < -0.4 is 0 Å². The molecular weight excluding hydrogens is 288 g/mol. The van der Waals surface area contributed by atoms with E-state index in [9.17, 15) is 9.90 Å². The SMILES string of the molecule is O=Cc1c(O)ccc2ocnc12.Oc1ccc2ocnc2c1. The zero-order valence-electron chi connectivity index (χ0n) is 11.1. The van der Waals surface area contributed by atoms with Crippen molar-refractivity contribution in [3.8, 4) is 11.5 Å². The van der Waals surface area contributed by atoms with Gasteiger partial charge < -0.3 is 19.0 Å². The van der Waals surface area contributed by atoms with Gasteiger partial charge in [-0.1, -0.05) is 0 Å². The molecule has 7 heteroatoms. The number of fused-ring (bicyclic) bond motifs is 2. The van der Waals surface area contributed by atoms with Crippen molar-refractivity contribution in [2.75, 3.05) is 0 Å². The third kappa shape index (κ3) is 2.47. The molecule has 4 rings (SSSR count). The van der Waals surface area contributed by atoms with E-state index in [4.69, 9.17) is 13.9 Å². The van der Waals surface area contributed by atoms with Crippen LogP contribution in [0.5, 0.6) is 11.5 Å². The van der Waals surface area contributed by atoms with Crippen LogP contribution in [0.15, 0.2) is 52.0 Å². The lowest BCUT2D eigenvalue weighted by Crippen LogP contribution is -1.82. The van der Waals surface area contributed by atoms with Crippen LogP contribution in [-0.2, 0) is 0 Å². The summed E-state index contributed by atoms with van der Waals surface area (Å²) in [5.74, 6) is 0.132. The van der Waals surface area contributed by atoms with E-state index in [2.05, 4.69) is 9.97 Å². The number of nitrogens with zero attached hydrogens (tertiary/aromatic N) is 2. The van der Waals surface area contributed by atoms with Crippen LogP contribution in [0.2, 0.25) is 0 Å². The summed E-state index contributed by atoms with van der Waals surface area (Å²) >= 11 is 0. The third-order valence-corrected chi connectivity index (χ3v) is 2.95. The van der Waals surface area contributed by atoms with Crippen molar-refractivity contribution in [3.05, 3.63) is 48.7 Å². The summed E-state index contributed by atoms with van der Waals surface area (Å²) in [6.07, 6.45) is 3.14. The van der Waals surface area contributed by atoms with Crippen molar-refractivity contribution in [2.24, 2.45) is 0 Å². The van der Waals surface area contributed by atoms with Gasteiger partial charge in [0.25, 0.3) is 0 Å². The average Bonchev–Trinajstić information content (AvgIpc) is 3.15. The molecule has 0 aliphatic heterocycles. The van der Waals surface area contributed by atoms with Crippen molar-refractivity contribution >= 4 is 28.5 Å². The fourth-order valence-corrected chi connectivity index (χ4v) is 1.90. The van der Waals surface area contributed by atoms with Gasteiger partial charge in [0.1, 0.15) is 22.5 Å². The number of rotatable bonds is 1. The third-order valence-electron chi connectivity index (χ3n) is 2.95. The summed E-state index contributed by atoms with van der Waals surface area (Å²) in [5, 5.41) is 18.2. The zero-order chi connectivity index (χ0) is 15.5. The van der Waals surface area contributed by atoms with Crippen LogP contribution in [0, 0.1) is 0 Å². The first-order valence-electron chi connectivity index (χ1n) is 6.21. The Kier molecular flexibility index (Phi) is 3.45. The predicted octanol–water partition coefficient (Wildman–Crippen LogP) is 2.88. The number of aldehydes is 1. The first-order valence-corrected chi connectivity index (χ1v) is 6.21. The molecule has 22 heavy (non-hydrogen) atoms. The summed E-state index contributed by atoms with van der Waals surface area (Å²) in [6, 6.07) is 7.76. The lowest BCUT2D eigenvalue weighted by atomic mass is 10.2. The molecule has 0 saturated carbocycles. The van der Waals surface area contributed by atoms with E-state index in [1.165, 1.54) is 18.9 Å². The second-order valence-corrected chi connectivity index (χ2v) is 4.32. The molecule has 0 aliphatic carbocycles. The molecule has 0 atom stereocenters. The fourth-order valence-electron chi connectivity index (χ4n) is 1.90. The minimum Gasteiger partial charge on any atom is -0.508 e. The maximum Gasteiger partial charge on any atom is 0.182 e. The first kappa shape index (κ1) is 13.6. The summed E-state index contributed by atoms with van der Waals surface area (Å²) < 4.78 is 9.88. The van der Waals surface area contributed by atoms with E-state index in [0.717, 1.165) is 0 Å². The van der Waals surface area contributed by atoms with Gasteiger partial charge in [-0.15, -0.1) is 0 Å². The van der Waals surface area contributed by atoms with E-state index in [1.807, 2.05) is 0 Å². The number of phenolic OH excluding ortho intramolecular Hbond substituents is 2. The maximum absolute atomic E-state index is 10.5. The van der Waals surface area contributed by atoms with Gasteiger partial charge in [0, 0.05) is 6.07 Å². The van der Waals surface area contributed by atoms with Crippen LogP contribution in [0.4, 0.5) is 0 Å². The van der Waals surface area contributed by atoms with Crippen molar-refractivity contribution in [1.29, 1.82) is 0 Å². The second kappa shape index (κ2) is 5.57. The van der Waals surface area contributed by atoms with Gasteiger partial charge in [-0.2, -0.15) is 0 Å². The van der Waals surface area contributed by atoms with E-state index in [-0.39, 0.29) is 17.1 Å². The Morgan fingerprint density at radius 2 is 1.68 bits per heavy atom. The second-order valence-electron chi connectivity index (χ2n) is 4.32. The molecular formula is C15H10N2O5. The Morgan fingerprint density at radius 3 is 2.50 bits per heavy atom. The molecule has 0 radical (unpaired) electrons. The standard InChI is InChI=1S/C8H5NO3.C7H5NO2/c10-3-5-6(11)1-2-7-8(5)9-4-12-7;9-5-1-2-7-6(3-5)8-4-10-7/h1-4,11H;1-4,9H. The maximum atomic E-state index is 10.5. The van der Waals surface area contributed by atoms with Crippen molar-refractivity contribution < 1.29 is 23.8 Å². The van der Waals surface area contributed by atoms with Gasteiger partial charge in [0.2, 0.25) is 0 Å². The van der Waals surface area contributed by atoms with Gasteiger partial charge in [-0.3, -0.25) is 4.79 Å². The van der Waals surface area contributed by atoms with Gasteiger partial charge in [0.05, 0.1) is 5.56 Å². The van der Waals surface area contributed by atoms with Crippen molar-refractivity contribution in [1.82, 2.24) is 9.97 Å². The number of aromatic nitrogens is 2. The molecule has 2 N–H and O–H groups in total. The Hall–Kier alpha value is -3.35. The molecule has 0 bridgehead atoms. The molecule has 2 aromatic carbocycles. The molecule has 0 amide bonds. The monoisotopic (exact) mass is 298 g/mol. The van der Waals surface area contributed by atoms with Gasteiger partial charge in [-0.05, 0) is 24.3 Å². The Morgan fingerprint density at radius 1 is 0.955 bits per heavy atom. The summed E-state index contributed by atoms with van der Waals surface area (Å²) in [6.45, 7) is 0. The lowest BCUT2D eigenvalue weighted by Gasteiger charge is -1.94. The van der Waals surface area contributed by atoms with Crippen LogP contribution in [0.3, 0.4) is 0 Å². The molecule has 7 nitrogen and oxygen atoms in total. The van der Waals surface area contributed by atoms with Gasteiger partial charge in [0.15, 0.2) is 30.2 Å². The Labute approximate surface area is 123 Å². The molecule has 0 saturated heterocycles. The molecule has 2 heterocycles. The number of hydrogen-bond acceptors (Lipinski definition) is 7. The summed E-state index contributed by atoms with van der Waals surface area (Å²) in [4.78, 5) is 18.1. The van der Waals surface area contributed by atoms with E-state index >= 15 is 0 Å². The van der Waals surface area contributed by atoms with Crippen LogP contribution >= 0.6 is 0 Å². The van der Waals surface area contributed by atoms with Crippen molar-refractivity contribution in [2.45, 2.75) is 0 Å². The minimum absolute atomic E-state index is 0.0774. The number of hydrogen-bond donors (Lipinski definition) is 2. The molecule has 2 aromatic heterocycles. The number of phenols is 2. The predicted molar refractivity (Wildman–Crippen MR) is 76.7 cm³/mol. The average molecular weight is 298 g/mol. The van der Waals surface area contributed by atoms with E-state index in [1.54, 1.807) is 24.3 Å². The lowest BCUT2D eigenvalue weighted by molar-refractivity contribution is 0.112. The topological polar surface area (TPSA) is 110 Å². The van der Waals surface area contributed by atoms with Crippen LogP contribution in [-0.4, -0.2) is 26.5 Å². The molecule has 0 spiro atoms. The molecule has 110 valence electrons.